The van der Waals surface area contributed by atoms with Crippen molar-refractivity contribution in [2.24, 2.45) is 0 Å². The Kier molecular flexibility index (Phi) is 5.06. The van der Waals surface area contributed by atoms with E-state index in [1.165, 1.54) is 5.56 Å². The van der Waals surface area contributed by atoms with Gasteiger partial charge in [0.1, 0.15) is 5.82 Å². The van der Waals surface area contributed by atoms with Crippen molar-refractivity contribution in [1.29, 1.82) is 0 Å². The Bertz CT molecular complexity index is 398. The quantitative estimate of drug-likeness (QED) is 0.804. The Morgan fingerprint density at radius 2 is 1.69 bits per heavy atom. The summed E-state index contributed by atoms with van der Waals surface area (Å²) in [6, 6.07) is 14.0. The van der Waals surface area contributed by atoms with Crippen LogP contribution in [0.5, 0.6) is 0 Å². The lowest BCUT2D eigenvalue weighted by atomic mass is 10.3. The number of pyridine rings is 1. The SMILES string of the molecule is CC.Cc1ccc(Nc2ccccc2)nc1.[HH]. The van der Waals surface area contributed by atoms with Crippen LogP contribution in [0.4, 0.5) is 11.5 Å². The van der Waals surface area contributed by atoms with E-state index in [0.29, 0.717) is 0 Å². The minimum Gasteiger partial charge on any atom is -0.340 e. The standard InChI is InChI=1S/C12H12N2.C2H6.H2/c1-10-7-8-12(13-9-10)14-11-5-3-2-4-6-11;1-2;/h2-9H,1H3,(H,13,14);1-2H3;1H. The molecule has 0 unspecified atom stereocenters. The molecule has 0 aliphatic rings. The molecule has 1 aromatic heterocycles. The predicted octanol–water partition coefficient (Wildman–Crippen LogP) is 4.41. The number of nitrogens with zero attached hydrogens (tertiary/aromatic N) is 1. The first-order valence-electron chi connectivity index (χ1n) is 5.59. The Labute approximate surface area is 98.8 Å². The van der Waals surface area contributed by atoms with Gasteiger partial charge in [-0.1, -0.05) is 38.1 Å². The summed E-state index contributed by atoms with van der Waals surface area (Å²) < 4.78 is 0. The molecule has 16 heavy (non-hydrogen) atoms. The average Bonchev–Trinajstić information content (AvgIpc) is 2.36. The maximum Gasteiger partial charge on any atom is 0.130 e. The number of para-hydroxylation sites is 1. The zero-order valence-corrected chi connectivity index (χ0v) is 10.1. The summed E-state index contributed by atoms with van der Waals surface area (Å²) in [7, 11) is 0. The second kappa shape index (κ2) is 6.62. The zero-order valence-electron chi connectivity index (χ0n) is 10.1. The van der Waals surface area contributed by atoms with Crippen LogP contribution < -0.4 is 5.32 Å². The van der Waals surface area contributed by atoms with Crippen LogP contribution in [-0.2, 0) is 0 Å². The maximum atomic E-state index is 4.26. The van der Waals surface area contributed by atoms with Gasteiger partial charge in [-0.3, -0.25) is 0 Å². The van der Waals surface area contributed by atoms with E-state index in [1.807, 2.05) is 69.4 Å². The van der Waals surface area contributed by atoms with Crippen molar-refractivity contribution in [3.05, 3.63) is 54.2 Å². The van der Waals surface area contributed by atoms with Crippen LogP contribution in [0.2, 0.25) is 0 Å². The molecule has 86 valence electrons. The van der Waals surface area contributed by atoms with Crippen LogP contribution in [0.1, 0.15) is 20.8 Å². The van der Waals surface area contributed by atoms with Crippen molar-refractivity contribution >= 4 is 11.5 Å². The molecule has 0 aliphatic heterocycles. The summed E-state index contributed by atoms with van der Waals surface area (Å²) in [6.45, 7) is 6.03. The van der Waals surface area contributed by atoms with Gasteiger partial charge in [0.15, 0.2) is 0 Å². The summed E-state index contributed by atoms with van der Waals surface area (Å²) in [5.74, 6) is 0.877. The molecule has 1 N–H and O–H groups in total. The van der Waals surface area contributed by atoms with Gasteiger partial charge in [0.2, 0.25) is 0 Å². The first-order valence-corrected chi connectivity index (χ1v) is 5.59. The summed E-state index contributed by atoms with van der Waals surface area (Å²) >= 11 is 0. The highest BCUT2D eigenvalue weighted by atomic mass is 15.0. The minimum atomic E-state index is 0. The smallest absolute Gasteiger partial charge is 0.130 e. The molecule has 0 saturated carbocycles. The van der Waals surface area contributed by atoms with Crippen molar-refractivity contribution in [3.63, 3.8) is 0 Å². The number of benzene rings is 1. The molecule has 0 aliphatic carbocycles. The summed E-state index contributed by atoms with van der Waals surface area (Å²) in [5, 5.41) is 3.22. The van der Waals surface area contributed by atoms with E-state index < -0.39 is 0 Å². The molecule has 0 spiro atoms. The highest BCUT2D eigenvalue weighted by Crippen LogP contribution is 2.13. The van der Waals surface area contributed by atoms with Crippen molar-refractivity contribution in [1.82, 2.24) is 4.98 Å². The molecule has 0 radical (unpaired) electrons. The fraction of sp³-hybridized carbons (Fsp3) is 0.214. The first kappa shape index (κ1) is 12.2. The van der Waals surface area contributed by atoms with Crippen LogP contribution >= 0.6 is 0 Å². The van der Waals surface area contributed by atoms with E-state index >= 15 is 0 Å². The van der Waals surface area contributed by atoms with Gasteiger partial charge in [0, 0.05) is 13.3 Å². The van der Waals surface area contributed by atoms with E-state index in [4.69, 9.17) is 0 Å². The third-order valence-electron chi connectivity index (χ3n) is 1.96. The Morgan fingerprint density at radius 3 is 2.25 bits per heavy atom. The second-order valence-corrected chi connectivity index (χ2v) is 3.21. The molecule has 0 amide bonds. The van der Waals surface area contributed by atoms with E-state index in [9.17, 15) is 0 Å². The van der Waals surface area contributed by atoms with Crippen molar-refractivity contribution in [2.45, 2.75) is 20.8 Å². The Hall–Kier alpha value is -1.83. The van der Waals surface area contributed by atoms with Gasteiger partial charge in [-0.05, 0) is 30.7 Å². The molecule has 1 heterocycles. The van der Waals surface area contributed by atoms with Crippen LogP contribution in [0.25, 0.3) is 0 Å². The topological polar surface area (TPSA) is 24.9 Å². The van der Waals surface area contributed by atoms with Gasteiger partial charge in [0.25, 0.3) is 0 Å². The molecule has 2 aromatic rings. The van der Waals surface area contributed by atoms with Gasteiger partial charge < -0.3 is 5.32 Å². The van der Waals surface area contributed by atoms with Gasteiger partial charge in [-0.15, -0.1) is 0 Å². The normalized spacial score (nSPS) is 8.94. The number of hydrogen-bond donors (Lipinski definition) is 1. The van der Waals surface area contributed by atoms with Crippen LogP contribution in [-0.4, -0.2) is 4.98 Å². The van der Waals surface area contributed by atoms with E-state index in [1.54, 1.807) is 0 Å². The fourth-order valence-corrected chi connectivity index (χ4v) is 1.21. The highest BCUT2D eigenvalue weighted by molar-refractivity contribution is 5.55. The Balaban J connectivity index is 0.000000811. The van der Waals surface area contributed by atoms with Crippen molar-refractivity contribution < 1.29 is 1.43 Å². The average molecular weight is 216 g/mol. The number of rotatable bonds is 2. The monoisotopic (exact) mass is 216 g/mol. The lowest BCUT2D eigenvalue weighted by Crippen LogP contribution is -1.92. The number of aromatic nitrogens is 1. The lowest BCUT2D eigenvalue weighted by Gasteiger charge is -2.04. The molecule has 2 rings (SSSR count). The predicted molar refractivity (Wildman–Crippen MR) is 72.2 cm³/mol. The van der Waals surface area contributed by atoms with Crippen LogP contribution in [0.3, 0.4) is 0 Å². The third-order valence-corrected chi connectivity index (χ3v) is 1.96. The first-order chi connectivity index (χ1) is 7.84. The fourth-order valence-electron chi connectivity index (χ4n) is 1.21. The molecule has 0 bridgehead atoms. The number of hydrogen-bond acceptors (Lipinski definition) is 2. The summed E-state index contributed by atoms with van der Waals surface area (Å²) in [4.78, 5) is 4.26. The molecule has 2 nitrogen and oxygen atoms in total. The largest absolute Gasteiger partial charge is 0.340 e. The van der Waals surface area contributed by atoms with Crippen LogP contribution in [0, 0.1) is 6.92 Å². The van der Waals surface area contributed by atoms with E-state index in [0.717, 1.165) is 11.5 Å². The number of aryl methyl sites for hydroxylation is 1. The van der Waals surface area contributed by atoms with Gasteiger partial charge in [0.05, 0.1) is 0 Å². The molecule has 1 aromatic carbocycles. The van der Waals surface area contributed by atoms with Crippen molar-refractivity contribution in [3.8, 4) is 0 Å². The van der Waals surface area contributed by atoms with Gasteiger partial charge in [-0.25, -0.2) is 4.98 Å². The maximum absolute atomic E-state index is 4.26. The number of anilines is 2. The number of nitrogens with one attached hydrogen (secondary N) is 1. The van der Waals surface area contributed by atoms with Gasteiger partial charge in [-0.2, -0.15) is 0 Å². The van der Waals surface area contributed by atoms with Gasteiger partial charge >= 0.3 is 0 Å². The summed E-state index contributed by atoms with van der Waals surface area (Å²) in [5.41, 5.74) is 2.23. The summed E-state index contributed by atoms with van der Waals surface area (Å²) in [6.07, 6.45) is 1.85. The Morgan fingerprint density at radius 1 is 1.00 bits per heavy atom. The van der Waals surface area contributed by atoms with Crippen LogP contribution in [0.15, 0.2) is 48.7 Å². The third kappa shape index (κ3) is 3.73. The molecule has 0 atom stereocenters. The molecular formula is C14H20N2. The molecular weight excluding hydrogens is 196 g/mol. The molecule has 0 saturated heterocycles. The second-order valence-electron chi connectivity index (χ2n) is 3.21. The lowest BCUT2D eigenvalue weighted by molar-refractivity contribution is 1.26. The van der Waals surface area contributed by atoms with E-state index in [-0.39, 0.29) is 1.43 Å². The molecule has 2 heteroatoms. The van der Waals surface area contributed by atoms with E-state index in [2.05, 4.69) is 10.3 Å². The zero-order chi connectivity index (χ0) is 11.8. The molecule has 0 fully saturated rings. The highest BCUT2D eigenvalue weighted by Gasteiger charge is 1.93. The minimum absolute atomic E-state index is 0. The van der Waals surface area contributed by atoms with Crippen molar-refractivity contribution in [2.75, 3.05) is 5.32 Å².